The molecular formula is C28H43NO11. The molecule has 40 heavy (non-hydrogen) atoms. The van der Waals surface area contributed by atoms with Gasteiger partial charge in [-0.3, -0.25) is 5.32 Å². The maximum absolute atomic E-state index is 12.6. The Kier molecular flexibility index (Phi) is 11.4. The summed E-state index contributed by atoms with van der Waals surface area (Å²) in [5, 5.41) is 13.1. The van der Waals surface area contributed by atoms with Gasteiger partial charge in [-0.1, -0.05) is 13.0 Å². The van der Waals surface area contributed by atoms with Gasteiger partial charge in [0.05, 0.1) is 0 Å². The zero-order chi connectivity index (χ0) is 31.1. The van der Waals surface area contributed by atoms with Crippen LogP contribution in [0.3, 0.4) is 0 Å². The summed E-state index contributed by atoms with van der Waals surface area (Å²) in [5.74, 6) is -1.92. The zero-order valence-electron chi connectivity index (χ0n) is 25.3. The lowest BCUT2D eigenvalue weighted by Crippen LogP contribution is -2.60. The van der Waals surface area contributed by atoms with Crippen LogP contribution in [-0.2, 0) is 30.2 Å². The van der Waals surface area contributed by atoms with E-state index in [1.807, 2.05) is 6.92 Å². The molecule has 0 heterocycles. The number of carboxylic acids is 1. The minimum absolute atomic E-state index is 0.187. The first-order chi connectivity index (χ1) is 18.0. The van der Waals surface area contributed by atoms with Crippen LogP contribution in [0.4, 0.5) is 14.4 Å². The van der Waals surface area contributed by atoms with Gasteiger partial charge in [0.1, 0.15) is 16.8 Å². The van der Waals surface area contributed by atoms with Gasteiger partial charge in [-0.15, -0.1) is 0 Å². The van der Waals surface area contributed by atoms with E-state index in [1.54, 1.807) is 69.2 Å². The Hall–Kier alpha value is -3.54. The number of ether oxygens (including phenoxy) is 6. The van der Waals surface area contributed by atoms with Gasteiger partial charge >= 0.3 is 24.4 Å². The average Bonchev–Trinajstić information content (AvgIpc) is 2.71. The predicted octanol–water partition coefficient (Wildman–Crippen LogP) is 5.98. The molecule has 1 rings (SSSR count). The van der Waals surface area contributed by atoms with Crippen molar-refractivity contribution in [2.45, 2.75) is 118 Å². The molecule has 2 atom stereocenters. The summed E-state index contributed by atoms with van der Waals surface area (Å²) in [7, 11) is 0. The fraction of sp³-hybridized carbons (Fsp3) is 0.643. The Bertz CT molecular complexity index is 1060. The number of rotatable bonds is 9. The summed E-state index contributed by atoms with van der Waals surface area (Å²) >= 11 is 0. The number of hydrogen-bond acceptors (Lipinski definition) is 11. The Labute approximate surface area is 235 Å². The predicted molar refractivity (Wildman–Crippen MR) is 144 cm³/mol. The largest absolute Gasteiger partial charge is 0.514 e. The fourth-order valence-electron chi connectivity index (χ4n) is 3.05. The fourth-order valence-corrected chi connectivity index (χ4v) is 3.05. The first-order valence-electron chi connectivity index (χ1n) is 12.9. The molecule has 0 aliphatic heterocycles. The Morgan fingerprint density at radius 2 is 1.20 bits per heavy atom. The second-order valence-electron chi connectivity index (χ2n) is 12.2. The van der Waals surface area contributed by atoms with Gasteiger partial charge in [0.15, 0.2) is 11.5 Å². The van der Waals surface area contributed by atoms with Gasteiger partial charge in [-0.2, -0.15) is 0 Å². The summed E-state index contributed by atoms with van der Waals surface area (Å²) in [6, 6.07) is 3.61. The van der Waals surface area contributed by atoms with E-state index in [-0.39, 0.29) is 23.1 Å². The van der Waals surface area contributed by atoms with Crippen molar-refractivity contribution in [3.8, 4) is 11.5 Å². The highest BCUT2D eigenvalue weighted by atomic mass is 16.8. The molecule has 0 saturated carbocycles. The maximum atomic E-state index is 12.6. The van der Waals surface area contributed by atoms with Gasteiger partial charge in [0.2, 0.25) is 0 Å². The highest BCUT2D eigenvalue weighted by Gasteiger charge is 2.45. The minimum atomic E-state index is -2.26. The van der Waals surface area contributed by atoms with Crippen LogP contribution >= 0.6 is 0 Å². The van der Waals surface area contributed by atoms with E-state index in [9.17, 15) is 24.3 Å². The minimum Gasteiger partial charge on any atom is -0.477 e. The molecule has 12 heteroatoms. The normalized spacial score (nSPS) is 14.3. The lowest BCUT2D eigenvalue weighted by Gasteiger charge is -2.33. The molecule has 1 unspecified atom stereocenters. The molecule has 0 amide bonds. The maximum Gasteiger partial charge on any atom is 0.514 e. The summed E-state index contributed by atoms with van der Waals surface area (Å²) < 4.78 is 31.5. The average molecular weight is 570 g/mol. The molecule has 12 nitrogen and oxygen atoms in total. The molecule has 0 radical (unpaired) electrons. The molecule has 0 aromatic heterocycles. The van der Waals surface area contributed by atoms with Crippen molar-refractivity contribution in [2.24, 2.45) is 0 Å². The van der Waals surface area contributed by atoms with Crippen molar-refractivity contribution >= 4 is 24.4 Å². The van der Waals surface area contributed by atoms with Crippen molar-refractivity contribution in [3.63, 3.8) is 0 Å². The van der Waals surface area contributed by atoms with Crippen LogP contribution in [0.15, 0.2) is 18.2 Å². The lowest BCUT2D eigenvalue weighted by atomic mass is 10.00. The Morgan fingerprint density at radius 3 is 1.62 bits per heavy atom. The standard InChI is InChI=1S/C28H43NO11/c1-12-17(2)29-28(21(30)31,40-24(34)39-27(9,10)11)16-18-13-14-19(35-22(32)37-25(3,4)5)20(15-18)36-23(33)38-26(6,7)8/h13-15,17,29H,12,16H2,1-11H3,(H,30,31)/t17?,28-/m0/s1. The quantitative estimate of drug-likeness (QED) is 0.155. The summed E-state index contributed by atoms with van der Waals surface area (Å²) in [6.07, 6.45) is -3.24. The van der Waals surface area contributed by atoms with Crippen LogP contribution in [0, 0.1) is 0 Å². The molecule has 1 aromatic rings. The number of carboxylic acid groups (broad SMARTS) is 1. The number of nitrogens with one attached hydrogen (secondary N) is 1. The summed E-state index contributed by atoms with van der Waals surface area (Å²) in [6.45, 7) is 18.3. The van der Waals surface area contributed by atoms with E-state index in [1.165, 1.54) is 18.2 Å². The highest BCUT2D eigenvalue weighted by Crippen LogP contribution is 2.32. The Balaban J connectivity index is 3.53. The van der Waals surface area contributed by atoms with Crippen LogP contribution in [0.1, 0.15) is 88.1 Å². The molecule has 0 aliphatic rings. The third-order valence-corrected chi connectivity index (χ3v) is 4.71. The smallest absolute Gasteiger partial charge is 0.477 e. The molecule has 1 aromatic carbocycles. The molecule has 0 spiro atoms. The van der Waals surface area contributed by atoms with Gasteiger partial charge in [-0.05, 0) is 93.4 Å². The van der Waals surface area contributed by atoms with Crippen molar-refractivity contribution in [2.75, 3.05) is 0 Å². The Morgan fingerprint density at radius 1 is 0.750 bits per heavy atom. The van der Waals surface area contributed by atoms with E-state index in [4.69, 9.17) is 28.4 Å². The summed E-state index contributed by atoms with van der Waals surface area (Å²) in [5.41, 5.74) is -4.69. The molecule has 2 N–H and O–H groups in total. The van der Waals surface area contributed by atoms with Crippen molar-refractivity contribution in [1.29, 1.82) is 0 Å². The van der Waals surface area contributed by atoms with Crippen LogP contribution in [0.5, 0.6) is 11.5 Å². The van der Waals surface area contributed by atoms with Gasteiger partial charge in [0, 0.05) is 12.5 Å². The van der Waals surface area contributed by atoms with Gasteiger partial charge in [0.25, 0.3) is 5.72 Å². The van der Waals surface area contributed by atoms with Crippen LogP contribution in [-0.4, -0.2) is 58.1 Å². The highest BCUT2D eigenvalue weighted by molar-refractivity contribution is 5.80. The van der Waals surface area contributed by atoms with E-state index < -0.39 is 53.4 Å². The number of aliphatic carboxylic acids is 1. The lowest BCUT2D eigenvalue weighted by molar-refractivity contribution is -0.169. The van der Waals surface area contributed by atoms with E-state index >= 15 is 0 Å². The van der Waals surface area contributed by atoms with Crippen molar-refractivity contribution in [1.82, 2.24) is 5.32 Å². The molecule has 226 valence electrons. The van der Waals surface area contributed by atoms with Crippen LogP contribution in [0.25, 0.3) is 0 Å². The molecule has 0 bridgehead atoms. The third kappa shape index (κ3) is 12.5. The van der Waals surface area contributed by atoms with Gasteiger partial charge in [-0.25, -0.2) is 19.2 Å². The number of carbonyl (C=O) groups excluding carboxylic acids is 3. The van der Waals surface area contributed by atoms with E-state index in [0.29, 0.717) is 6.42 Å². The van der Waals surface area contributed by atoms with Crippen LogP contribution < -0.4 is 14.8 Å². The third-order valence-electron chi connectivity index (χ3n) is 4.71. The molecular weight excluding hydrogens is 526 g/mol. The summed E-state index contributed by atoms with van der Waals surface area (Å²) in [4.78, 5) is 49.9. The van der Waals surface area contributed by atoms with Gasteiger partial charge < -0.3 is 33.5 Å². The second kappa shape index (κ2) is 13.2. The van der Waals surface area contributed by atoms with Crippen molar-refractivity contribution in [3.05, 3.63) is 23.8 Å². The SMILES string of the molecule is CCC(C)N[C@@](Cc1ccc(OC(=O)OC(C)(C)C)c(OC(=O)OC(C)(C)C)c1)(OC(=O)OC(C)(C)C)C(=O)O. The van der Waals surface area contributed by atoms with Crippen LogP contribution in [0.2, 0.25) is 0 Å². The topological polar surface area (TPSA) is 156 Å². The first kappa shape index (κ1) is 34.5. The molecule has 0 saturated heterocycles. The molecule has 0 fully saturated rings. The van der Waals surface area contributed by atoms with E-state index in [2.05, 4.69) is 5.32 Å². The molecule has 0 aliphatic carbocycles. The number of carbonyl (C=O) groups is 4. The van der Waals surface area contributed by atoms with E-state index in [0.717, 1.165) is 0 Å². The van der Waals surface area contributed by atoms with Crippen molar-refractivity contribution < 1.29 is 52.7 Å². The number of hydrogen-bond donors (Lipinski definition) is 2. The number of benzene rings is 1. The zero-order valence-corrected chi connectivity index (χ0v) is 25.3. The second-order valence-corrected chi connectivity index (χ2v) is 12.2. The monoisotopic (exact) mass is 569 g/mol. The first-order valence-corrected chi connectivity index (χ1v) is 12.9.